The summed E-state index contributed by atoms with van der Waals surface area (Å²) in [4.78, 5) is 8.78. The molecule has 1 aromatic carbocycles. The molecule has 0 amide bonds. The van der Waals surface area contributed by atoms with E-state index in [1.54, 1.807) is 16.6 Å². The quantitative estimate of drug-likeness (QED) is 0.585. The lowest BCUT2D eigenvalue weighted by Gasteiger charge is -2.26. The van der Waals surface area contributed by atoms with Crippen LogP contribution < -0.4 is 5.32 Å². The van der Waals surface area contributed by atoms with E-state index in [-0.39, 0.29) is 0 Å². The molecule has 29 heavy (non-hydrogen) atoms. The second-order valence-electron chi connectivity index (χ2n) is 7.90. The van der Waals surface area contributed by atoms with Gasteiger partial charge in [-0.05, 0) is 49.3 Å². The Morgan fingerprint density at radius 1 is 1.17 bits per heavy atom. The average Bonchev–Trinajstić information content (AvgIpc) is 3.47. The lowest BCUT2D eigenvalue weighted by Crippen LogP contribution is -2.25. The van der Waals surface area contributed by atoms with Crippen molar-refractivity contribution in [2.45, 2.75) is 38.6 Å². The number of benzene rings is 1. The molecule has 7 nitrogen and oxygen atoms in total. The largest absolute Gasteiger partial charge is 0.367 e. The maximum absolute atomic E-state index is 4.73. The monoisotopic (exact) mass is 383 g/mol. The zero-order chi connectivity index (χ0) is 19.4. The summed E-state index contributed by atoms with van der Waals surface area (Å²) in [5.41, 5.74) is 7.92. The van der Waals surface area contributed by atoms with Crippen molar-refractivity contribution < 1.29 is 0 Å². The van der Waals surface area contributed by atoms with Crippen molar-refractivity contribution in [3.63, 3.8) is 0 Å². The maximum Gasteiger partial charge on any atom is 0.162 e. The van der Waals surface area contributed by atoms with E-state index in [1.807, 2.05) is 23.7 Å². The second-order valence-corrected chi connectivity index (χ2v) is 7.90. The van der Waals surface area contributed by atoms with Crippen LogP contribution >= 0.6 is 0 Å². The first-order valence-corrected chi connectivity index (χ1v) is 10.0. The predicted molar refractivity (Wildman–Crippen MR) is 111 cm³/mol. The van der Waals surface area contributed by atoms with E-state index < -0.39 is 0 Å². The molecule has 0 radical (unpaired) electrons. The first-order valence-electron chi connectivity index (χ1n) is 10.0. The number of hydrogen-bond acceptors (Lipinski definition) is 5. The molecule has 6 rings (SSSR count). The first-order chi connectivity index (χ1) is 14.3. The fraction of sp³-hybridized carbons (Fsp3) is 0.273. The number of nitrogens with one attached hydrogen (secondary N) is 1. The maximum atomic E-state index is 4.73. The van der Waals surface area contributed by atoms with Crippen molar-refractivity contribution >= 4 is 17.0 Å². The molecule has 4 aromatic rings. The molecule has 3 aromatic heterocycles. The standard InChI is InChI=1S/C22H21N7/c1-14-11-24-29-21(10-20(27-22(14)29)28-13-23-12-25-28)26-17-7-6-16-8-15-4-2-3-5-18(15)19(16)9-17/h2-5,10-13,17,26H,6-9H2,1H3. The molecular formula is C22H21N7. The predicted octanol–water partition coefficient (Wildman–Crippen LogP) is 3.59. The van der Waals surface area contributed by atoms with Crippen LogP contribution in [0.4, 0.5) is 5.82 Å². The molecule has 0 bridgehead atoms. The number of rotatable bonds is 3. The molecule has 3 heterocycles. The van der Waals surface area contributed by atoms with Crippen LogP contribution in [0.25, 0.3) is 17.0 Å². The number of fused-ring (bicyclic) bond motifs is 3. The summed E-state index contributed by atoms with van der Waals surface area (Å²) in [6.45, 7) is 2.03. The first kappa shape index (κ1) is 16.5. The molecule has 144 valence electrons. The minimum absolute atomic E-state index is 0.360. The molecule has 7 heteroatoms. The zero-order valence-electron chi connectivity index (χ0n) is 16.2. The topological polar surface area (TPSA) is 72.9 Å². The van der Waals surface area contributed by atoms with Crippen molar-refractivity contribution in [2.75, 3.05) is 5.32 Å². The molecule has 0 aliphatic heterocycles. The van der Waals surface area contributed by atoms with E-state index in [0.29, 0.717) is 6.04 Å². The third kappa shape index (κ3) is 2.65. The number of aryl methyl sites for hydroxylation is 1. The second kappa shape index (κ2) is 6.27. The number of nitrogens with zero attached hydrogens (tertiary/aromatic N) is 6. The number of hydrogen-bond donors (Lipinski definition) is 1. The van der Waals surface area contributed by atoms with E-state index in [4.69, 9.17) is 4.98 Å². The highest BCUT2D eigenvalue weighted by Crippen LogP contribution is 2.42. The molecule has 2 aliphatic rings. The average molecular weight is 383 g/mol. The van der Waals surface area contributed by atoms with Crippen LogP contribution in [0.5, 0.6) is 0 Å². The third-order valence-corrected chi connectivity index (χ3v) is 6.06. The Labute approximate surface area is 168 Å². The lowest BCUT2D eigenvalue weighted by molar-refractivity contribution is 0.629. The van der Waals surface area contributed by atoms with Gasteiger partial charge in [-0.1, -0.05) is 29.8 Å². The van der Waals surface area contributed by atoms with Crippen molar-refractivity contribution in [2.24, 2.45) is 0 Å². The molecule has 0 saturated heterocycles. The van der Waals surface area contributed by atoms with E-state index in [0.717, 1.165) is 48.5 Å². The van der Waals surface area contributed by atoms with Crippen molar-refractivity contribution in [1.29, 1.82) is 0 Å². The van der Waals surface area contributed by atoms with Gasteiger partial charge in [-0.25, -0.2) is 14.6 Å². The minimum atomic E-state index is 0.360. The van der Waals surface area contributed by atoms with E-state index in [9.17, 15) is 0 Å². The number of aromatic nitrogens is 6. The highest BCUT2D eigenvalue weighted by molar-refractivity contribution is 5.77. The van der Waals surface area contributed by atoms with E-state index >= 15 is 0 Å². The summed E-state index contributed by atoms with van der Waals surface area (Å²) in [7, 11) is 0. The molecule has 1 atom stereocenters. The lowest BCUT2D eigenvalue weighted by atomic mass is 9.88. The number of anilines is 1. The van der Waals surface area contributed by atoms with Crippen LogP contribution in [0, 0.1) is 6.92 Å². The van der Waals surface area contributed by atoms with Gasteiger partial charge in [0.15, 0.2) is 11.5 Å². The summed E-state index contributed by atoms with van der Waals surface area (Å²) in [5, 5.41) is 12.5. The van der Waals surface area contributed by atoms with Gasteiger partial charge in [0.2, 0.25) is 0 Å². The van der Waals surface area contributed by atoms with Crippen LogP contribution in [0.15, 0.2) is 54.8 Å². The van der Waals surface area contributed by atoms with Gasteiger partial charge in [0, 0.05) is 17.7 Å². The van der Waals surface area contributed by atoms with Crippen LogP contribution in [0.3, 0.4) is 0 Å². The van der Waals surface area contributed by atoms with Gasteiger partial charge < -0.3 is 5.32 Å². The third-order valence-electron chi connectivity index (χ3n) is 6.06. The minimum Gasteiger partial charge on any atom is -0.367 e. The van der Waals surface area contributed by atoms with Crippen LogP contribution in [0.1, 0.15) is 36.0 Å². The van der Waals surface area contributed by atoms with Gasteiger partial charge in [0.1, 0.15) is 18.5 Å². The van der Waals surface area contributed by atoms with Gasteiger partial charge >= 0.3 is 0 Å². The molecule has 1 unspecified atom stereocenters. The van der Waals surface area contributed by atoms with Crippen molar-refractivity contribution in [3.05, 3.63) is 71.4 Å². The van der Waals surface area contributed by atoms with E-state index in [1.165, 1.54) is 23.0 Å². The zero-order valence-corrected chi connectivity index (χ0v) is 16.2. The van der Waals surface area contributed by atoms with Crippen LogP contribution in [-0.2, 0) is 6.42 Å². The van der Waals surface area contributed by atoms with Crippen molar-refractivity contribution in [1.82, 2.24) is 29.4 Å². The molecule has 0 spiro atoms. The Kier molecular flexibility index (Phi) is 3.56. The molecule has 2 aliphatic carbocycles. The van der Waals surface area contributed by atoms with Gasteiger partial charge in [-0.3, -0.25) is 0 Å². The highest BCUT2D eigenvalue weighted by atomic mass is 15.4. The van der Waals surface area contributed by atoms with Crippen molar-refractivity contribution in [3.8, 4) is 5.82 Å². The summed E-state index contributed by atoms with van der Waals surface area (Å²) in [5.74, 6) is 1.68. The Bertz CT molecular complexity index is 1250. The Hall–Kier alpha value is -3.48. The van der Waals surface area contributed by atoms with Crippen LogP contribution in [0.2, 0.25) is 0 Å². The fourth-order valence-electron chi connectivity index (χ4n) is 4.63. The Balaban J connectivity index is 1.35. The molecule has 1 N–H and O–H groups in total. The van der Waals surface area contributed by atoms with Gasteiger partial charge in [-0.15, -0.1) is 0 Å². The molecule has 0 fully saturated rings. The van der Waals surface area contributed by atoms with Crippen LogP contribution in [-0.4, -0.2) is 35.4 Å². The normalized spacial score (nSPS) is 18.2. The summed E-state index contributed by atoms with van der Waals surface area (Å²) >= 11 is 0. The summed E-state index contributed by atoms with van der Waals surface area (Å²) < 4.78 is 3.58. The Morgan fingerprint density at radius 3 is 3.00 bits per heavy atom. The highest BCUT2D eigenvalue weighted by Gasteiger charge is 2.28. The number of allylic oxidation sites excluding steroid dienone is 1. The SMILES string of the molecule is Cc1cnn2c(NC3CCC4=C(C3)c3ccccc3C4)cc(-n3cncn3)nc12. The fourth-order valence-corrected chi connectivity index (χ4v) is 4.63. The van der Waals surface area contributed by atoms with E-state index in [2.05, 4.69) is 44.8 Å². The van der Waals surface area contributed by atoms with Gasteiger partial charge in [0.05, 0.1) is 6.20 Å². The summed E-state index contributed by atoms with van der Waals surface area (Å²) in [6, 6.07) is 11.2. The molecule has 0 saturated carbocycles. The molecular weight excluding hydrogens is 362 g/mol. The summed E-state index contributed by atoms with van der Waals surface area (Å²) in [6.07, 6.45) is 9.46. The smallest absolute Gasteiger partial charge is 0.162 e. The Morgan fingerprint density at radius 2 is 2.10 bits per heavy atom. The van der Waals surface area contributed by atoms with Gasteiger partial charge in [0.25, 0.3) is 0 Å². The van der Waals surface area contributed by atoms with Gasteiger partial charge in [-0.2, -0.15) is 14.7 Å².